The Bertz CT molecular complexity index is 1010. The number of thioether (sulfide) groups is 1. The first-order valence-electron chi connectivity index (χ1n) is 10.7. The summed E-state index contributed by atoms with van der Waals surface area (Å²) in [6.07, 6.45) is -0.0985. The molecule has 1 fully saturated rings. The molecule has 3 amide bonds. The van der Waals surface area contributed by atoms with Crippen LogP contribution in [0.25, 0.3) is 0 Å². The number of carbonyl (C=O) groups excluding carboxylic acids is 3. The Kier molecular flexibility index (Phi) is 9.14. The molecule has 3 rings (SSSR count). The highest BCUT2D eigenvalue weighted by atomic mass is 32.2. The van der Waals surface area contributed by atoms with Gasteiger partial charge in [-0.2, -0.15) is 0 Å². The van der Waals surface area contributed by atoms with Crippen LogP contribution in [0.1, 0.15) is 15.9 Å². The van der Waals surface area contributed by atoms with Crippen LogP contribution in [0.2, 0.25) is 0 Å². The molecule has 1 aliphatic rings. The van der Waals surface area contributed by atoms with E-state index in [-0.39, 0.29) is 11.7 Å². The van der Waals surface area contributed by atoms with Crippen LogP contribution in [-0.2, 0) is 16.0 Å². The Morgan fingerprint density at radius 1 is 1.09 bits per heavy atom. The lowest BCUT2D eigenvalue weighted by Crippen LogP contribution is -2.70. The number of nitrogens with two attached hydrogens (primary N) is 1. The van der Waals surface area contributed by atoms with Gasteiger partial charge in [0.1, 0.15) is 11.5 Å². The quantitative estimate of drug-likeness (QED) is 0.319. The molecular weight excluding hydrogens is 458 g/mol. The fourth-order valence-electron chi connectivity index (χ4n) is 3.34. The van der Waals surface area contributed by atoms with Crippen LogP contribution in [-0.4, -0.2) is 61.9 Å². The van der Waals surface area contributed by atoms with Crippen LogP contribution >= 0.6 is 11.8 Å². The summed E-state index contributed by atoms with van der Waals surface area (Å²) in [5.74, 6) is -0.0537. The molecule has 1 aliphatic heterocycles. The molecule has 10 nitrogen and oxygen atoms in total. The number of hydrogen-bond acceptors (Lipinski definition) is 8. The fraction of sp³-hybridized carbons (Fsp3) is 0.348. The average Bonchev–Trinajstić information content (AvgIpc) is 2.85. The SMILES string of the molecule is COc1ccc(C(=O)NC2C(=O)NC(SCC(=O)NCCc3ccccc3)NC2N)cc1OC. The molecule has 0 aliphatic carbocycles. The molecule has 2 aromatic carbocycles. The second-order valence-electron chi connectivity index (χ2n) is 7.50. The van der Waals surface area contributed by atoms with E-state index in [0.717, 1.165) is 12.0 Å². The zero-order chi connectivity index (χ0) is 24.5. The van der Waals surface area contributed by atoms with Gasteiger partial charge in [0.25, 0.3) is 5.91 Å². The summed E-state index contributed by atoms with van der Waals surface area (Å²) in [4.78, 5) is 37.3. The summed E-state index contributed by atoms with van der Waals surface area (Å²) in [5, 5.41) is 11.2. The molecule has 0 radical (unpaired) electrons. The van der Waals surface area contributed by atoms with Crippen molar-refractivity contribution in [3.63, 3.8) is 0 Å². The van der Waals surface area contributed by atoms with Crippen LogP contribution in [0.5, 0.6) is 11.5 Å². The normalized spacial score (nSPS) is 19.6. The lowest BCUT2D eigenvalue weighted by molar-refractivity contribution is -0.125. The zero-order valence-corrected chi connectivity index (χ0v) is 19.8. The summed E-state index contributed by atoms with van der Waals surface area (Å²) in [7, 11) is 2.97. The highest BCUT2D eigenvalue weighted by molar-refractivity contribution is 8.00. The van der Waals surface area contributed by atoms with Crippen molar-refractivity contribution in [2.45, 2.75) is 24.1 Å². The number of methoxy groups -OCH3 is 2. The predicted octanol–water partition coefficient (Wildman–Crippen LogP) is 0.182. The van der Waals surface area contributed by atoms with Crippen molar-refractivity contribution in [3.8, 4) is 11.5 Å². The van der Waals surface area contributed by atoms with Crippen molar-refractivity contribution in [3.05, 3.63) is 59.7 Å². The second-order valence-corrected chi connectivity index (χ2v) is 8.59. The molecule has 0 saturated carbocycles. The predicted molar refractivity (Wildman–Crippen MR) is 129 cm³/mol. The van der Waals surface area contributed by atoms with Crippen molar-refractivity contribution in [1.29, 1.82) is 0 Å². The van der Waals surface area contributed by atoms with Crippen LogP contribution in [0.3, 0.4) is 0 Å². The minimum atomic E-state index is -0.989. The third-order valence-electron chi connectivity index (χ3n) is 5.15. The maximum absolute atomic E-state index is 12.6. The van der Waals surface area contributed by atoms with Crippen LogP contribution in [0.4, 0.5) is 0 Å². The number of rotatable bonds is 10. The molecule has 2 aromatic rings. The minimum absolute atomic E-state index is 0.141. The first-order chi connectivity index (χ1) is 16.4. The zero-order valence-electron chi connectivity index (χ0n) is 19.0. The Balaban J connectivity index is 1.45. The molecular formula is C23H29N5O5S. The third-order valence-corrected chi connectivity index (χ3v) is 6.17. The smallest absolute Gasteiger partial charge is 0.252 e. The van der Waals surface area contributed by atoms with Gasteiger partial charge in [-0.1, -0.05) is 30.3 Å². The monoisotopic (exact) mass is 487 g/mol. The molecule has 11 heteroatoms. The number of ether oxygens (including phenoxy) is 2. The molecule has 34 heavy (non-hydrogen) atoms. The Hall–Kier alpha value is -3.28. The maximum Gasteiger partial charge on any atom is 0.252 e. The van der Waals surface area contributed by atoms with Gasteiger partial charge >= 0.3 is 0 Å². The van der Waals surface area contributed by atoms with Gasteiger partial charge in [0.15, 0.2) is 11.5 Å². The van der Waals surface area contributed by atoms with Gasteiger partial charge in [-0.15, -0.1) is 11.8 Å². The van der Waals surface area contributed by atoms with Gasteiger partial charge in [0.05, 0.1) is 26.1 Å². The van der Waals surface area contributed by atoms with Crippen molar-refractivity contribution < 1.29 is 23.9 Å². The Morgan fingerprint density at radius 3 is 2.50 bits per heavy atom. The number of nitrogens with one attached hydrogen (secondary N) is 4. The summed E-state index contributed by atoms with van der Waals surface area (Å²) >= 11 is 1.21. The first kappa shape index (κ1) is 25.3. The Morgan fingerprint density at radius 2 is 1.82 bits per heavy atom. The van der Waals surface area contributed by atoms with Crippen molar-refractivity contribution in [2.24, 2.45) is 5.73 Å². The average molecular weight is 488 g/mol. The van der Waals surface area contributed by atoms with E-state index < -0.39 is 29.5 Å². The molecule has 3 atom stereocenters. The Labute approximate surface area is 202 Å². The van der Waals surface area contributed by atoms with Gasteiger partial charge in [-0.3, -0.25) is 19.7 Å². The minimum Gasteiger partial charge on any atom is -0.493 e. The van der Waals surface area contributed by atoms with Gasteiger partial charge in [-0.25, -0.2) is 0 Å². The molecule has 3 unspecified atom stereocenters. The lowest BCUT2D eigenvalue weighted by atomic mass is 10.1. The number of amides is 3. The van der Waals surface area contributed by atoms with Crippen LogP contribution in [0, 0.1) is 0 Å². The molecule has 0 bridgehead atoms. The number of carbonyl (C=O) groups is 3. The topological polar surface area (TPSA) is 144 Å². The van der Waals surface area contributed by atoms with Gasteiger partial charge in [0, 0.05) is 12.1 Å². The van der Waals surface area contributed by atoms with Crippen molar-refractivity contribution in [1.82, 2.24) is 21.3 Å². The van der Waals surface area contributed by atoms with E-state index in [1.165, 1.54) is 32.0 Å². The van der Waals surface area contributed by atoms with Gasteiger partial charge in [0.2, 0.25) is 11.8 Å². The summed E-state index contributed by atoms with van der Waals surface area (Å²) in [5.41, 5.74) is 6.97. The van der Waals surface area contributed by atoms with E-state index in [1.807, 2.05) is 30.3 Å². The van der Waals surface area contributed by atoms with Crippen molar-refractivity contribution in [2.75, 3.05) is 26.5 Å². The third kappa shape index (κ3) is 6.86. The molecule has 0 aromatic heterocycles. The van der Waals surface area contributed by atoms with Gasteiger partial charge < -0.3 is 31.2 Å². The highest BCUT2D eigenvalue weighted by Crippen LogP contribution is 2.27. The van der Waals surface area contributed by atoms with E-state index in [9.17, 15) is 14.4 Å². The molecule has 1 saturated heterocycles. The maximum atomic E-state index is 12.6. The second kappa shape index (κ2) is 12.3. The number of benzene rings is 2. The molecule has 6 N–H and O–H groups in total. The summed E-state index contributed by atoms with van der Waals surface area (Å²) in [6, 6.07) is 13.6. The highest BCUT2D eigenvalue weighted by Gasteiger charge is 2.35. The van der Waals surface area contributed by atoms with Gasteiger partial charge in [-0.05, 0) is 30.2 Å². The first-order valence-corrected chi connectivity index (χ1v) is 11.7. The van der Waals surface area contributed by atoms with E-state index in [4.69, 9.17) is 15.2 Å². The largest absolute Gasteiger partial charge is 0.493 e. The van der Waals surface area contributed by atoms with E-state index in [0.29, 0.717) is 23.6 Å². The van der Waals surface area contributed by atoms with E-state index in [1.54, 1.807) is 12.1 Å². The van der Waals surface area contributed by atoms with Crippen LogP contribution in [0.15, 0.2) is 48.5 Å². The fourth-order valence-corrected chi connectivity index (χ4v) is 4.22. The molecule has 1 heterocycles. The number of hydrogen-bond donors (Lipinski definition) is 5. The molecule has 0 spiro atoms. The van der Waals surface area contributed by atoms with Crippen molar-refractivity contribution >= 4 is 29.5 Å². The summed E-state index contributed by atoms with van der Waals surface area (Å²) < 4.78 is 10.4. The lowest BCUT2D eigenvalue weighted by Gasteiger charge is -2.35. The van der Waals surface area contributed by atoms with Crippen LogP contribution < -0.4 is 36.5 Å². The van der Waals surface area contributed by atoms with E-state index in [2.05, 4.69) is 21.3 Å². The molecule has 182 valence electrons. The summed E-state index contributed by atoms with van der Waals surface area (Å²) in [6.45, 7) is 0.525. The standard InChI is InChI=1S/C23H29N5O5S/c1-32-16-9-8-15(12-17(16)33-2)21(30)26-19-20(24)27-23(28-22(19)31)34-13-18(29)25-11-10-14-6-4-3-5-7-14/h3-9,12,19-20,23,27H,10-11,13,24H2,1-2H3,(H,25,29)(H,26,30)(H,28,31). The van der Waals surface area contributed by atoms with E-state index >= 15 is 0 Å².